The molecular weight excluding hydrogens is 345 g/mol. The van der Waals surface area contributed by atoms with Gasteiger partial charge in [-0.1, -0.05) is 24.3 Å². The molecule has 2 aromatic rings. The summed E-state index contributed by atoms with van der Waals surface area (Å²) >= 11 is 0. The van der Waals surface area contributed by atoms with E-state index in [9.17, 15) is 17.6 Å². The second kappa shape index (κ2) is 8.70. The van der Waals surface area contributed by atoms with Crippen molar-refractivity contribution in [3.63, 3.8) is 0 Å². The molecule has 0 aromatic heterocycles. The minimum atomic E-state index is -3.69. The number of carbonyl (C=O) groups excluding carboxylic acids is 1. The van der Waals surface area contributed by atoms with Crippen LogP contribution in [0.15, 0.2) is 53.4 Å². The molecule has 2 aromatic carbocycles. The minimum absolute atomic E-state index is 0.0604. The first kappa shape index (κ1) is 19.0. The van der Waals surface area contributed by atoms with Crippen molar-refractivity contribution >= 4 is 15.9 Å². The molecule has 0 radical (unpaired) electrons. The standard InChI is InChI=1S/C17H20FN3O3S/c18-15-5-1-14(2-6-15)11-20-12-17(22)21-10-9-13-3-7-16(8-4-13)25(19,23)24/h1-8,20H,9-12H2,(H,21,22)(H2,19,23,24). The van der Waals surface area contributed by atoms with Gasteiger partial charge in [0.2, 0.25) is 15.9 Å². The summed E-state index contributed by atoms with van der Waals surface area (Å²) in [5, 5.41) is 10.8. The Morgan fingerprint density at radius 2 is 1.60 bits per heavy atom. The number of primary sulfonamides is 1. The van der Waals surface area contributed by atoms with Crippen LogP contribution < -0.4 is 15.8 Å². The van der Waals surface area contributed by atoms with Crippen LogP contribution in [0.5, 0.6) is 0 Å². The van der Waals surface area contributed by atoms with Crippen LogP contribution in [0.25, 0.3) is 0 Å². The molecule has 0 aliphatic rings. The molecule has 0 bridgehead atoms. The van der Waals surface area contributed by atoms with Gasteiger partial charge in [0.1, 0.15) is 5.82 Å². The Hall–Kier alpha value is -2.29. The van der Waals surface area contributed by atoms with Crippen molar-refractivity contribution in [3.05, 3.63) is 65.5 Å². The predicted molar refractivity (Wildman–Crippen MR) is 92.6 cm³/mol. The molecule has 2 rings (SSSR count). The molecule has 134 valence electrons. The average molecular weight is 365 g/mol. The Labute approximate surface area is 146 Å². The Kier molecular flexibility index (Phi) is 6.63. The van der Waals surface area contributed by atoms with Gasteiger partial charge >= 0.3 is 0 Å². The first-order valence-corrected chi connectivity index (χ1v) is 9.23. The molecular formula is C17H20FN3O3S. The topological polar surface area (TPSA) is 101 Å². The molecule has 0 saturated heterocycles. The molecule has 0 unspecified atom stereocenters. The second-order valence-electron chi connectivity index (χ2n) is 5.52. The van der Waals surface area contributed by atoms with Gasteiger partial charge in [-0.2, -0.15) is 0 Å². The van der Waals surface area contributed by atoms with Gasteiger partial charge in [-0.05, 0) is 41.8 Å². The summed E-state index contributed by atoms with van der Waals surface area (Å²) in [5.41, 5.74) is 1.79. The van der Waals surface area contributed by atoms with Gasteiger partial charge in [-0.3, -0.25) is 4.79 Å². The summed E-state index contributed by atoms with van der Waals surface area (Å²) < 4.78 is 35.1. The molecule has 0 atom stereocenters. The lowest BCUT2D eigenvalue weighted by atomic mass is 10.1. The van der Waals surface area contributed by atoms with Crippen LogP contribution in [0.3, 0.4) is 0 Å². The van der Waals surface area contributed by atoms with Crippen LogP contribution in [0, 0.1) is 5.82 Å². The van der Waals surface area contributed by atoms with Gasteiger partial charge in [0, 0.05) is 13.1 Å². The van der Waals surface area contributed by atoms with E-state index >= 15 is 0 Å². The fourth-order valence-electron chi connectivity index (χ4n) is 2.18. The largest absolute Gasteiger partial charge is 0.355 e. The molecule has 0 fully saturated rings. The number of amides is 1. The highest BCUT2D eigenvalue weighted by molar-refractivity contribution is 7.89. The van der Waals surface area contributed by atoms with E-state index in [0.717, 1.165) is 11.1 Å². The summed E-state index contributed by atoms with van der Waals surface area (Å²) in [6.45, 7) is 1.07. The number of halogens is 1. The number of nitrogens with one attached hydrogen (secondary N) is 2. The number of rotatable bonds is 8. The zero-order valence-corrected chi connectivity index (χ0v) is 14.4. The number of benzene rings is 2. The van der Waals surface area contributed by atoms with E-state index in [1.54, 1.807) is 24.3 Å². The van der Waals surface area contributed by atoms with Crippen molar-refractivity contribution in [2.45, 2.75) is 17.9 Å². The SMILES string of the molecule is NS(=O)(=O)c1ccc(CCNC(=O)CNCc2ccc(F)cc2)cc1. The van der Waals surface area contributed by atoms with Crippen molar-refractivity contribution in [2.24, 2.45) is 5.14 Å². The molecule has 0 aliphatic heterocycles. The molecule has 6 nitrogen and oxygen atoms in total. The van der Waals surface area contributed by atoms with Crippen LogP contribution in [-0.2, 0) is 27.8 Å². The summed E-state index contributed by atoms with van der Waals surface area (Å²) in [6, 6.07) is 12.3. The Balaban J connectivity index is 1.67. The quantitative estimate of drug-likeness (QED) is 0.647. The second-order valence-corrected chi connectivity index (χ2v) is 7.08. The first-order chi connectivity index (χ1) is 11.8. The highest BCUT2D eigenvalue weighted by Crippen LogP contribution is 2.08. The number of hydrogen-bond donors (Lipinski definition) is 3. The number of sulfonamides is 1. The van der Waals surface area contributed by atoms with E-state index in [1.165, 1.54) is 24.3 Å². The van der Waals surface area contributed by atoms with Crippen molar-refractivity contribution < 1.29 is 17.6 Å². The van der Waals surface area contributed by atoms with Crippen molar-refractivity contribution in [3.8, 4) is 0 Å². The van der Waals surface area contributed by atoms with Gasteiger partial charge in [-0.15, -0.1) is 0 Å². The molecule has 1 amide bonds. The maximum atomic E-state index is 12.8. The molecule has 4 N–H and O–H groups in total. The van der Waals surface area contributed by atoms with E-state index in [4.69, 9.17) is 5.14 Å². The Morgan fingerprint density at radius 3 is 2.20 bits per heavy atom. The third-order valence-electron chi connectivity index (χ3n) is 3.52. The first-order valence-electron chi connectivity index (χ1n) is 7.68. The van der Waals surface area contributed by atoms with Crippen LogP contribution in [-0.4, -0.2) is 27.4 Å². The fourth-order valence-corrected chi connectivity index (χ4v) is 2.69. The van der Waals surface area contributed by atoms with E-state index in [1.807, 2.05) is 0 Å². The summed E-state index contributed by atoms with van der Waals surface area (Å²) in [4.78, 5) is 11.8. The number of carbonyl (C=O) groups is 1. The van der Waals surface area contributed by atoms with E-state index < -0.39 is 10.0 Å². The normalized spacial score (nSPS) is 11.3. The highest BCUT2D eigenvalue weighted by atomic mass is 32.2. The van der Waals surface area contributed by atoms with Crippen LogP contribution in [0.4, 0.5) is 4.39 Å². The lowest BCUT2D eigenvalue weighted by Crippen LogP contribution is -2.34. The van der Waals surface area contributed by atoms with Gasteiger partial charge in [-0.25, -0.2) is 17.9 Å². The Morgan fingerprint density at radius 1 is 1.00 bits per heavy atom. The molecule has 0 saturated carbocycles. The molecule has 0 aliphatic carbocycles. The molecule has 25 heavy (non-hydrogen) atoms. The van der Waals surface area contributed by atoms with Crippen molar-refractivity contribution in [1.82, 2.24) is 10.6 Å². The van der Waals surface area contributed by atoms with Crippen LogP contribution >= 0.6 is 0 Å². The smallest absolute Gasteiger partial charge is 0.238 e. The van der Waals surface area contributed by atoms with Crippen molar-refractivity contribution in [1.29, 1.82) is 0 Å². The van der Waals surface area contributed by atoms with E-state index in [2.05, 4.69) is 10.6 Å². The van der Waals surface area contributed by atoms with E-state index in [0.29, 0.717) is 19.5 Å². The zero-order valence-electron chi connectivity index (χ0n) is 13.5. The van der Waals surface area contributed by atoms with Gasteiger partial charge < -0.3 is 10.6 Å². The maximum Gasteiger partial charge on any atom is 0.238 e. The van der Waals surface area contributed by atoms with E-state index in [-0.39, 0.29) is 23.2 Å². The van der Waals surface area contributed by atoms with Gasteiger partial charge in [0.15, 0.2) is 0 Å². The van der Waals surface area contributed by atoms with Crippen LogP contribution in [0.2, 0.25) is 0 Å². The Bertz CT molecular complexity index is 806. The molecule has 0 heterocycles. The summed E-state index contributed by atoms with van der Waals surface area (Å²) in [5.74, 6) is -0.443. The average Bonchev–Trinajstić information content (AvgIpc) is 2.56. The fraction of sp³-hybridized carbons (Fsp3) is 0.235. The summed E-state index contributed by atoms with van der Waals surface area (Å²) in [6.07, 6.45) is 0.578. The molecule has 8 heteroatoms. The van der Waals surface area contributed by atoms with Gasteiger partial charge in [0.05, 0.1) is 11.4 Å². The molecule has 0 spiro atoms. The minimum Gasteiger partial charge on any atom is -0.355 e. The lowest BCUT2D eigenvalue weighted by molar-refractivity contribution is -0.120. The van der Waals surface area contributed by atoms with Gasteiger partial charge in [0.25, 0.3) is 0 Å². The third kappa shape index (κ3) is 6.61. The highest BCUT2D eigenvalue weighted by Gasteiger charge is 2.07. The number of nitrogens with two attached hydrogens (primary N) is 1. The predicted octanol–water partition coefficient (Wildman–Crippen LogP) is 0.922. The summed E-state index contributed by atoms with van der Waals surface area (Å²) in [7, 11) is -3.69. The lowest BCUT2D eigenvalue weighted by Gasteiger charge is -2.07. The van der Waals surface area contributed by atoms with Crippen LogP contribution in [0.1, 0.15) is 11.1 Å². The third-order valence-corrected chi connectivity index (χ3v) is 4.44. The number of hydrogen-bond acceptors (Lipinski definition) is 4. The van der Waals surface area contributed by atoms with Crippen molar-refractivity contribution in [2.75, 3.05) is 13.1 Å². The monoisotopic (exact) mass is 365 g/mol. The zero-order chi connectivity index (χ0) is 18.3. The maximum absolute atomic E-state index is 12.8.